The van der Waals surface area contributed by atoms with E-state index in [4.69, 9.17) is 9.72 Å². The Bertz CT molecular complexity index is 1050. The van der Waals surface area contributed by atoms with E-state index in [1.165, 1.54) is 0 Å². The van der Waals surface area contributed by atoms with Crippen LogP contribution in [-0.4, -0.2) is 41.5 Å². The molecular formula is C21H21N5O2. The van der Waals surface area contributed by atoms with E-state index in [1.807, 2.05) is 25.1 Å². The molecule has 28 heavy (non-hydrogen) atoms. The Balaban J connectivity index is 1.73. The number of ether oxygens (including phenoxy) is 1. The van der Waals surface area contributed by atoms with E-state index in [9.17, 15) is 10.1 Å². The van der Waals surface area contributed by atoms with Crippen molar-refractivity contribution >= 4 is 17.3 Å². The zero-order valence-corrected chi connectivity index (χ0v) is 16.2. The molecule has 0 radical (unpaired) electrons. The first-order valence-corrected chi connectivity index (χ1v) is 9.25. The second kappa shape index (κ2) is 6.97. The average molecular weight is 375 g/mol. The van der Waals surface area contributed by atoms with Gasteiger partial charge in [-0.2, -0.15) is 5.26 Å². The van der Waals surface area contributed by atoms with Crippen LogP contribution in [0, 0.1) is 11.3 Å². The van der Waals surface area contributed by atoms with Gasteiger partial charge in [0.05, 0.1) is 30.0 Å². The summed E-state index contributed by atoms with van der Waals surface area (Å²) in [6, 6.07) is 6.05. The smallest absolute Gasteiger partial charge is 0.254 e. The molecule has 1 N–H and O–H groups in total. The maximum absolute atomic E-state index is 12.2. The lowest BCUT2D eigenvalue weighted by Crippen LogP contribution is -2.17. The first-order valence-electron chi connectivity index (χ1n) is 9.25. The molecule has 142 valence electrons. The fraction of sp³-hybridized carbons (Fsp3) is 0.333. The summed E-state index contributed by atoms with van der Waals surface area (Å²) < 4.78 is 5.54. The van der Waals surface area contributed by atoms with Crippen LogP contribution in [0.1, 0.15) is 45.5 Å². The van der Waals surface area contributed by atoms with E-state index in [0.29, 0.717) is 54.5 Å². The molecule has 7 nitrogen and oxygen atoms in total. The number of hydrogen-bond donors (Lipinski definition) is 1. The van der Waals surface area contributed by atoms with Crippen LogP contribution in [0.15, 0.2) is 18.2 Å². The highest BCUT2D eigenvalue weighted by atomic mass is 16.5. The highest BCUT2D eigenvalue weighted by Gasteiger charge is 2.27. The van der Waals surface area contributed by atoms with Gasteiger partial charge in [0.2, 0.25) is 0 Å². The quantitative estimate of drug-likeness (QED) is 0.864. The molecule has 2 aliphatic rings. The first kappa shape index (κ1) is 18.0. The number of carbonyl (C=O) groups is 1. The number of amides is 1. The predicted octanol–water partition coefficient (Wildman–Crippen LogP) is 2.56. The summed E-state index contributed by atoms with van der Waals surface area (Å²) in [5, 5.41) is 12.6. The number of carbonyl (C=O) groups excluding carboxylic acids is 1. The van der Waals surface area contributed by atoms with Crippen LogP contribution in [-0.2, 0) is 19.4 Å². The molecule has 0 unspecified atom stereocenters. The minimum atomic E-state index is 0.0122. The summed E-state index contributed by atoms with van der Waals surface area (Å²) in [7, 11) is 3.39. The molecule has 2 aromatic rings. The second-order valence-corrected chi connectivity index (χ2v) is 6.93. The summed E-state index contributed by atoms with van der Waals surface area (Å²) in [6.45, 7) is 3.29. The van der Waals surface area contributed by atoms with Crippen molar-refractivity contribution < 1.29 is 9.53 Å². The van der Waals surface area contributed by atoms with Gasteiger partial charge in [-0.1, -0.05) is 6.08 Å². The number of rotatable bonds is 5. The first-order chi connectivity index (χ1) is 13.5. The Morgan fingerprint density at radius 1 is 1.36 bits per heavy atom. The van der Waals surface area contributed by atoms with Crippen molar-refractivity contribution in [1.29, 1.82) is 5.26 Å². The second-order valence-electron chi connectivity index (χ2n) is 6.93. The van der Waals surface area contributed by atoms with Crippen molar-refractivity contribution in [2.45, 2.75) is 26.3 Å². The van der Waals surface area contributed by atoms with Gasteiger partial charge in [-0.25, -0.2) is 9.97 Å². The maximum Gasteiger partial charge on any atom is 0.254 e. The molecule has 1 amide bonds. The van der Waals surface area contributed by atoms with E-state index in [0.717, 1.165) is 22.4 Å². The van der Waals surface area contributed by atoms with Crippen LogP contribution >= 0.6 is 0 Å². The maximum atomic E-state index is 12.2. The number of hydrogen-bond acceptors (Lipinski definition) is 6. The van der Waals surface area contributed by atoms with Gasteiger partial charge < -0.3 is 15.0 Å². The average Bonchev–Trinajstić information content (AvgIpc) is 3.22. The van der Waals surface area contributed by atoms with Crippen molar-refractivity contribution in [3.8, 4) is 11.8 Å². The van der Waals surface area contributed by atoms with E-state index < -0.39 is 0 Å². The van der Waals surface area contributed by atoms with Crippen LogP contribution in [0.2, 0.25) is 0 Å². The molecule has 7 heteroatoms. The molecule has 4 rings (SSSR count). The van der Waals surface area contributed by atoms with Crippen molar-refractivity contribution in [2.75, 3.05) is 26.0 Å². The van der Waals surface area contributed by atoms with Gasteiger partial charge in [-0.15, -0.1) is 0 Å². The molecule has 0 bridgehead atoms. The number of allylic oxidation sites excluding steroid dienone is 2. The molecule has 1 aromatic carbocycles. The monoisotopic (exact) mass is 375 g/mol. The number of aromatic nitrogens is 2. The fourth-order valence-electron chi connectivity index (χ4n) is 3.80. The molecule has 1 aliphatic carbocycles. The molecule has 0 saturated heterocycles. The topological polar surface area (TPSA) is 91.1 Å². The van der Waals surface area contributed by atoms with Crippen molar-refractivity contribution in [3.05, 3.63) is 52.0 Å². The number of fused-ring (bicyclic) bond motifs is 2. The molecule has 0 atom stereocenters. The zero-order valence-electron chi connectivity index (χ0n) is 16.2. The summed E-state index contributed by atoms with van der Waals surface area (Å²) in [4.78, 5) is 23.3. The SMILES string of the molecule is CCNc1nc(Cc2cc3c(cc2OC)C(=O)N(C)C3)nc2c1C(C#N)=CC2. The fourth-order valence-corrected chi connectivity index (χ4v) is 3.80. The Morgan fingerprint density at radius 3 is 2.89 bits per heavy atom. The Hall–Kier alpha value is -3.40. The minimum Gasteiger partial charge on any atom is -0.496 e. The van der Waals surface area contributed by atoms with Crippen LogP contribution in [0.25, 0.3) is 5.57 Å². The molecule has 0 spiro atoms. The van der Waals surface area contributed by atoms with Crippen LogP contribution < -0.4 is 10.1 Å². The van der Waals surface area contributed by atoms with Crippen LogP contribution in [0.4, 0.5) is 5.82 Å². The molecule has 1 aromatic heterocycles. The molecule has 1 aliphatic heterocycles. The summed E-state index contributed by atoms with van der Waals surface area (Å²) >= 11 is 0. The van der Waals surface area contributed by atoms with E-state index in [-0.39, 0.29) is 5.91 Å². The summed E-state index contributed by atoms with van der Waals surface area (Å²) in [5.74, 6) is 2.03. The minimum absolute atomic E-state index is 0.0122. The highest BCUT2D eigenvalue weighted by molar-refractivity contribution is 5.98. The Kier molecular flexibility index (Phi) is 4.47. The normalized spacial score (nSPS) is 14.4. The molecule has 0 saturated carbocycles. The number of nitriles is 1. The third kappa shape index (κ3) is 2.87. The summed E-state index contributed by atoms with van der Waals surface area (Å²) in [5.41, 5.74) is 4.92. The van der Waals surface area contributed by atoms with E-state index in [2.05, 4.69) is 16.4 Å². The largest absolute Gasteiger partial charge is 0.496 e. The highest BCUT2D eigenvalue weighted by Crippen LogP contribution is 2.33. The number of anilines is 1. The lowest BCUT2D eigenvalue weighted by atomic mass is 10.0. The number of methoxy groups -OCH3 is 1. The molecule has 2 heterocycles. The third-order valence-corrected chi connectivity index (χ3v) is 5.10. The third-order valence-electron chi connectivity index (χ3n) is 5.10. The lowest BCUT2D eigenvalue weighted by Gasteiger charge is -2.13. The van der Waals surface area contributed by atoms with Crippen molar-refractivity contribution in [2.24, 2.45) is 0 Å². The standard InChI is InChI=1S/C21H21N5O2/c1-4-23-20-19-12(10-22)5-6-16(19)24-18(25-20)8-13-7-14-11-26(2)21(27)15(14)9-17(13)28-3/h5,7,9H,4,6,8,11H2,1-3H3,(H,23,24,25). The van der Waals surface area contributed by atoms with Gasteiger partial charge in [0.1, 0.15) is 17.4 Å². The molecule has 0 fully saturated rings. The van der Waals surface area contributed by atoms with E-state index >= 15 is 0 Å². The zero-order chi connectivity index (χ0) is 19.8. The number of nitrogens with zero attached hydrogens (tertiary/aromatic N) is 4. The van der Waals surface area contributed by atoms with Crippen LogP contribution in [0.3, 0.4) is 0 Å². The Morgan fingerprint density at radius 2 is 2.18 bits per heavy atom. The van der Waals surface area contributed by atoms with Gasteiger partial charge in [0.15, 0.2) is 0 Å². The number of benzene rings is 1. The Labute approximate surface area is 163 Å². The van der Waals surface area contributed by atoms with Gasteiger partial charge >= 0.3 is 0 Å². The van der Waals surface area contributed by atoms with Gasteiger partial charge in [0.25, 0.3) is 5.91 Å². The van der Waals surface area contributed by atoms with Gasteiger partial charge in [-0.05, 0) is 24.6 Å². The lowest BCUT2D eigenvalue weighted by molar-refractivity contribution is 0.0816. The predicted molar refractivity (Wildman–Crippen MR) is 105 cm³/mol. The number of nitrogens with one attached hydrogen (secondary N) is 1. The van der Waals surface area contributed by atoms with Crippen LogP contribution in [0.5, 0.6) is 5.75 Å². The van der Waals surface area contributed by atoms with Crippen molar-refractivity contribution in [3.63, 3.8) is 0 Å². The van der Waals surface area contributed by atoms with Crippen molar-refractivity contribution in [1.82, 2.24) is 14.9 Å². The molecular weight excluding hydrogens is 354 g/mol. The summed E-state index contributed by atoms with van der Waals surface area (Å²) in [6.07, 6.45) is 3.01. The van der Waals surface area contributed by atoms with E-state index in [1.54, 1.807) is 19.1 Å². The van der Waals surface area contributed by atoms with Gasteiger partial charge in [0, 0.05) is 44.1 Å². The van der Waals surface area contributed by atoms with Gasteiger partial charge in [-0.3, -0.25) is 4.79 Å².